The molecule has 162 valence electrons. The molecule has 1 atom stereocenters. The summed E-state index contributed by atoms with van der Waals surface area (Å²) in [6.07, 6.45) is 5.32. The van der Waals surface area contributed by atoms with Gasteiger partial charge in [-0.2, -0.15) is 0 Å². The van der Waals surface area contributed by atoms with Crippen molar-refractivity contribution in [2.24, 2.45) is 0 Å². The number of amides is 1. The van der Waals surface area contributed by atoms with Crippen LogP contribution in [-0.4, -0.2) is 16.8 Å². The van der Waals surface area contributed by atoms with Gasteiger partial charge in [-0.05, 0) is 67.1 Å². The van der Waals surface area contributed by atoms with Crippen LogP contribution < -0.4 is 4.90 Å². The zero-order chi connectivity index (χ0) is 22.4. The number of fused-ring (bicyclic) bond motifs is 1. The number of carbonyl (C=O) groups excluding carboxylic acids is 2. The number of rotatable bonds is 3. The highest BCUT2D eigenvalue weighted by Gasteiger charge is 2.49. The highest BCUT2D eigenvalue weighted by molar-refractivity contribution is 6.51. The Balaban J connectivity index is 1.68. The lowest BCUT2D eigenvalue weighted by Gasteiger charge is -2.24. The van der Waals surface area contributed by atoms with Crippen LogP contribution in [0.3, 0.4) is 0 Å². The van der Waals surface area contributed by atoms with Gasteiger partial charge < -0.3 is 9.52 Å². The van der Waals surface area contributed by atoms with E-state index in [-0.39, 0.29) is 22.8 Å². The normalized spacial score (nSPS) is 19.9. The molecule has 0 radical (unpaired) electrons. The molecule has 1 N–H and O–H groups in total. The maximum atomic E-state index is 14.6. The van der Waals surface area contributed by atoms with Gasteiger partial charge in [-0.15, -0.1) is 0 Å². The number of carbonyl (C=O) groups is 2. The van der Waals surface area contributed by atoms with Crippen molar-refractivity contribution in [3.63, 3.8) is 0 Å². The second-order valence-electron chi connectivity index (χ2n) is 7.97. The summed E-state index contributed by atoms with van der Waals surface area (Å²) in [5.74, 6) is -4.00. The third-order valence-electron chi connectivity index (χ3n) is 6.05. The monoisotopic (exact) mass is 435 g/mol. The molecule has 5 nitrogen and oxygen atoms in total. The number of ketones is 1. The van der Waals surface area contributed by atoms with E-state index < -0.39 is 29.4 Å². The molecule has 1 aromatic heterocycles. The first-order valence-electron chi connectivity index (χ1n) is 10.4. The van der Waals surface area contributed by atoms with Gasteiger partial charge in [0.15, 0.2) is 0 Å². The minimum Gasteiger partial charge on any atom is -0.507 e. The van der Waals surface area contributed by atoms with Gasteiger partial charge in [-0.3, -0.25) is 14.5 Å². The molecule has 1 amide bonds. The number of furan rings is 1. The Morgan fingerprint density at radius 2 is 1.78 bits per heavy atom. The summed E-state index contributed by atoms with van der Waals surface area (Å²) in [4.78, 5) is 26.9. The van der Waals surface area contributed by atoms with Crippen LogP contribution in [-0.2, 0) is 22.4 Å². The van der Waals surface area contributed by atoms with E-state index in [1.54, 1.807) is 12.1 Å². The van der Waals surface area contributed by atoms with Crippen LogP contribution in [0.5, 0.6) is 0 Å². The average Bonchev–Trinajstić information content (AvgIpc) is 3.40. The molecule has 7 heteroatoms. The molecule has 1 fully saturated rings. The summed E-state index contributed by atoms with van der Waals surface area (Å²) in [5, 5.41) is 11.1. The zero-order valence-electron chi connectivity index (χ0n) is 17.0. The number of aryl methyl sites for hydroxylation is 2. The Hall–Kier alpha value is -3.74. The lowest BCUT2D eigenvalue weighted by atomic mass is 9.89. The van der Waals surface area contributed by atoms with Crippen LogP contribution in [0.25, 0.3) is 5.76 Å². The Bertz CT molecular complexity index is 1260. The van der Waals surface area contributed by atoms with Crippen LogP contribution in [0.1, 0.15) is 41.3 Å². The van der Waals surface area contributed by atoms with Crippen LogP contribution in [0.2, 0.25) is 0 Å². The van der Waals surface area contributed by atoms with Gasteiger partial charge in [-0.1, -0.05) is 12.1 Å². The SMILES string of the molecule is O=C1C(=O)N(c2ccc(F)cc2F)C(c2ccco2)/C1=C(/O)c1ccc2c(c1)CCCC2. The molecule has 0 bridgehead atoms. The molecule has 1 aliphatic carbocycles. The lowest BCUT2D eigenvalue weighted by molar-refractivity contribution is -0.132. The van der Waals surface area contributed by atoms with E-state index >= 15 is 0 Å². The number of hydrogen-bond donors (Lipinski definition) is 1. The van der Waals surface area contributed by atoms with Crippen molar-refractivity contribution < 1.29 is 27.9 Å². The van der Waals surface area contributed by atoms with E-state index in [0.29, 0.717) is 11.6 Å². The molecule has 0 saturated carbocycles. The smallest absolute Gasteiger partial charge is 0.300 e. The number of halogens is 2. The maximum Gasteiger partial charge on any atom is 0.300 e. The number of nitrogens with zero attached hydrogens (tertiary/aromatic N) is 1. The molecule has 3 aromatic rings. The molecule has 5 rings (SSSR count). The molecule has 1 aliphatic heterocycles. The first-order chi connectivity index (χ1) is 15.5. The number of Topliss-reactive ketones (excluding diaryl/α,β-unsaturated/α-hetero) is 1. The van der Waals surface area contributed by atoms with Crippen molar-refractivity contribution in [1.29, 1.82) is 0 Å². The van der Waals surface area contributed by atoms with Crippen molar-refractivity contribution in [2.75, 3.05) is 4.90 Å². The van der Waals surface area contributed by atoms with Crippen molar-refractivity contribution in [2.45, 2.75) is 31.7 Å². The third-order valence-corrected chi connectivity index (χ3v) is 6.05. The Morgan fingerprint density at radius 1 is 1.00 bits per heavy atom. The summed E-state index contributed by atoms with van der Waals surface area (Å²) in [6.45, 7) is 0. The van der Waals surface area contributed by atoms with E-state index in [4.69, 9.17) is 4.42 Å². The van der Waals surface area contributed by atoms with Gasteiger partial charge in [0.05, 0.1) is 17.5 Å². The van der Waals surface area contributed by atoms with Crippen LogP contribution in [0.4, 0.5) is 14.5 Å². The van der Waals surface area contributed by atoms with Gasteiger partial charge in [0.25, 0.3) is 11.7 Å². The standard InChI is InChI=1S/C25H19F2NO4/c26-17-9-10-19(18(27)13-17)28-22(20-6-3-11-32-20)21(24(30)25(28)31)23(29)16-8-7-14-4-1-2-5-15(14)12-16/h3,6-13,22,29H,1-2,4-5H2/b23-21-. The van der Waals surface area contributed by atoms with E-state index in [0.717, 1.165) is 48.3 Å². The lowest BCUT2D eigenvalue weighted by Crippen LogP contribution is -2.30. The van der Waals surface area contributed by atoms with E-state index in [2.05, 4.69) is 0 Å². The summed E-state index contributed by atoms with van der Waals surface area (Å²) in [5.41, 5.74) is 2.21. The predicted octanol–water partition coefficient (Wildman–Crippen LogP) is 5.06. The van der Waals surface area contributed by atoms with Crippen LogP contribution in [0, 0.1) is 11.6 Å². The Kier molecular flexibility index (Phi) is 4.89. The van der Waals surface area contributed by atoms with Gasteiger partial charge in [0, 0.05) is 11.6 Å². The number of hydrogen-bond acceptors (Lipinski definition) is 4. The van der Waals surface area contributed by atoms with Gasteiger partial charge in [0.1, 0.15) is 29.2 Å². The maximum absolute atomic E-state index is 14.6. The van der Waals surface area contributed by atoms with Gasteiger partial charge >= 0.3 is 0 Å². The van der Waals surface area contributed by atoms with Crippen molar-refractivity contribution in [3.8, 4) is 0 Å². The fraction of sp³-hybridized carbons (Fsp3) is 0.200. The van der Waals surface area contributed by atoms with E-state index in [9.17, 15) is 23.5 Å². The highest BCUT2D eigenvalue weighted by Crippen LogP contribution is 2.43. The molecule has 0 spiro atoms. The second-order valence-corrected chi connectivity index (χ2v) is 7.97. The largest absolute Gasteiger partial charge is 0.507 e. The molecule has 32 heavy (non-hydrogen) atoms. The number of aliphatic hydroxyl groups excluding tert-OH is 1. The molecule has 2 heterocycles. The summed E-state index contributed by atoms with van der Waals surface area (Å²) in [7, 11) is 0. The minimum absolute atomic E-state index is 0.174. The average molecular weight is 435 g/mol. The van der Waals surface area contributed by atoms with Crippen LogP contribution in [0.15, 0.2) is 64.8 Å². The van der Waals surface area contributed by atoms with E-state index in [1.807, 2.05) is 12.1 Å². The summed E-state index contributed by atoms with van der Waals surface area (Å²) in [6, 6.07) is 10.1. The first kappa shape index (κ1) is 20.2. The summed E-state index contributed by atoms with van der Waals surface area (Å²) >= 11 is 0. The molecular formula is C25H19F2NO4. The zero-order valence-corrected chi connectivity index (χ0v) is 17.0. The van der Waals surface area contributed by atoms with Crippen LogP contribution >= 0.6 is 0 Å². The molecule has 2 aromatic carbocycles. The Labute approximate surface area is 182 Å². The predicted molar refractivity (Wildman–Crippen MR) is 113 cm³/mol. The van der Waals surface area contributed by atoms with Crippen molar-refractivity contribution in [3.05, 3.63) is 94.5 Å². The Morgan fingerprint density at radius 3 is 2.50 bits per heavy atom. The number of benzene rings is 2. The fourth-order valence-electron chi connectivity index (χ4n) is 4.51. The van der Waals surface area contributed by atoms with E-state index in [1.165, 1.54) is 17.9 Å². The van der Waals surface area contributed by atoms with Gasteiger partial charge in [-0.25, -0.2) is 8.78 Å². The van der Waals surface area contributed by atoms with Crippen molar-refractivity contribution >= 4 is 23.1 Å². The second kappa shape index (κ2) is 7.75. The quantitative estimate of drug-likeness (QED) is 0.355. The van der Waals surface area contributed by atoms with Gasteiger partial charge in [0.2, 0.25) is 0 Å². The number of aliphatic hydroxyl groups is 1. The summed E-state index contributed by atoms with van der Waals surface area (Å²) < 4.78 is 33.5. The minimum atomic E-state index is -1.19. The topological polar surface area (TPSA) is 70.8 Å². The fourth-order valence-corrected chi connectivity index (χ4v) is 4.51. The molecular weight excluding hydrogens is 416 g/mol. The highest BCUT2D eigenvalue weighted by atomic mass is 19.1. The van der Waals surface area contributed by atoms with Crippen molar-refractivity contribution in [1.82, 2.24) is 0 Å². The third kappa shape index (κ3) is 3.21. The molecule has 1 saturated heterocycles. The molecule has 1 unspecified atom stereocenters. The molecule has 2 aliphatic rings. The number of anilines is 1. The first-order valence-corrected chi connectivity index (χ1v) is 10.4.